The predicted molar refractivity (Wildman–Crippen MR) is 88.8 cm³/mol. The summed E-state index contributed by atoms with van der Waals surface area (Å²) in [6, 6.07) is 3.75. The van der Waals surface area contributed by atoms with Crippen molar-refractivity contribution in [3.8, 4) is 0 Å². The Morgan fingerprint density at radius 1 is 1.32 bits per heavy atom. The number of hydrogen-bond donors (Lipinski definition) is 1. The number of rotatable bonds is 4. The maximum atomic E-state index is 13.3. The first-order valence-electron chi connectivity index (χ1n) is 7.70. The maximum absolute atomic E-state index is 13.3. The zero-order chi connectivity index (χ0) is 18.1. The molecule has 0 fully saturated rings. The van der Waals surface area contributed by atoms with Crippen molar-refractivity contribution in [3.63, 3.8) is 0 Å². The molecule has 25 heavy (non-hydrogen) atoms. The molecular formula is C16H17FN6O2. The molecule has 0 aliphatic carbocycles. The van der Waals surface area contributed by atoms with Crippen LogP contribution in [0.5, 0.6) is 0 Å². The molecular weight excluding hydrogens is 327 g/mol. The van der Waals surface area contributed by atoms with E-state index in [9.17, 15) is 14.0 Å². The van der Waals surface area contributed by atoms with Crippen LogP contribution in [0.4, 0.5) is 4.39 Å². The van der Waals surface area contributed by atoms with Crippen molar-refractivity contribution >= 4 is 16.8 Å². The first-order chi connectivity index (χ1) is 11.9. The Bertz CT molecular complexity index is 1020. The SMILES string of the molecule is Cc1nn(C)c(C)c1C(=O)NCCn1nnc2ccc(F)cc2c1=O. The summed E-state index contributed by atoms with van der Waals surface area (Å²) >= 11 is 0. The molecule has 2 heterocycles. The quantitative estimate of drug-likeness (QED) is 0.752. The number of amides is 1. The molecule has 0 aliphatic heterocycles. The van der Waals surface area contributed by atoms with Crippen LogP contribution in [-0.2, 0) is 13.6 Å². The third-order valence-corrected chi connectivity index (χ3v) is 4.03. The lowest BCUT2D eigenvalue weighted by Gasteiger charge is -2.07. The highest BCUT2D eigenvalue weighted by Crippen LogP contribution is 2.11. The number of nitrogens with one attached hydrogen (secondary N) is 1. The smallest absolute Gasteiger partial charge is 0.277 e. The van der Waals surface area contributed by atoms with Crippen LogP contribution in [0, 0.1) is 19.7 Å². The van der Waals surface area contributed by atoms with Crippen molar-refractivity contribution in [1.82, 2.24) is 30.1 Å². The van der Waals surface area contributed by atoms with Gasteiger partial charge in [0.15, 0.2) is 0 Å². The van der Waals surface area contributed by atoms with E-state index < -0.39 is 11.4 Å². The molecule has 0 saturated carbocycles. The number of halogens is 1. The highest BCUT2D eigenvalue weighted by atomic mass is 19.1. The topological polar surface area (TPSA) is 94.7 Å². The van der Waals surface area contributed by atoms with Crippen molar-refractivity contribution in [1.29, 1.82) is 0 Å². The Morgan fingerprint density at radius 2 is 2.08 bits per heavy atom. The van der Waals surface area contributed by atoms with Gasteiger partial charge in [0, 0.05) is 19.3 Å². The zero-order valence-electron chi connectivity index (χ0n) is 14.1. The zero-order valence-corrected chi connectivity index (χ0v) is 14.1. The lowest BCUT2D eigenvalue weighted by molar-refractivity contribution is 0.0950. The van der Waals surface area contributed by atoms with E-state index in [4.69, 9.17) is 0 Å². The Morgan fingerprint density at radius 3 is 2.76 bits per heavy atom. The highest BCUT2D eigenvalue weighted by molar-refractivity contribution is 5.96. The fraction of sp³-hybridized carbons (Fsp3) is 0.312. The van der Waals surface area contributed by atoms with Gasteiger partial charge in [-0.15, -0.1) is 5.10 Å². The minimum atomic E-state index is -0.514. The first kappa shape index (κ1) is 16.7. The summed E-state index contributed by atoms with van der Waals surface area (Å²) in [6.45, 7) is 3.88. The lowest BCUT2D eigenvalue weighted by atomic mass is 10.2. The van der Waals surface area contributed by atoms with Gasteiger partial charge in [-0.05, 0) is 32.0 Å². The largest absolute Gasteiger partial charge is 0.350 e. The van der Waals surface area contributed by atoms with Gasteiger partial charge in [-0.1, -0.05) is 5.21 Å². The minimum absolute atomic E-state index is 0.127. The second kappa shape index (κ2) is 6.42. The monoisotopic (exact) mass is 344 g/mol. The molecule has 130 valence electrons. The molecule has 1 amide bonds. The lowest BCUT2D eigenvalue weighted by Crippen LogP contribution is -2.33. The van der Waals surface area contributed by atoms with Gasteiger partial charge in [0.1, 0.15) is 11.3 Å². The Balaban J connectivity index is 1.74. The van der Waals surface area contributed by atoms with E-state index in [1.54, 1.807) is 18.7 Å². The Labute approximate surface area is 142 Å². The van der Waals surface area contributed by atoms with E-state index in [1.165, 1.54) is 12.1 Å². The number of aromatic nitrogens is 5. The summed E-state index contributed by atoms with van der Waals surface area (Å²) in [4.78, 5) is 24.6. The van der Waals surface area contributed by atoms with Crippen LogP contribution in [0.3, 0.4) is 0 Å². The highest BCUT2D eigenvalue weighted by Gasteiger charge is 2.17. The summed E-state index contributed by atoms with van der Waals surface area (Å²) in [5, 5.41) is 14.8. The van der Waals surface area contributed by atoms with Gasteiger partial charge in [-0.2, -0.15) is 5.10 Å². The third kappa shape index (κ3) is 3.12. The number of hydrogen-bond acceptors (Lipinski definition) is 5. The van der Waals surface area contributed by atoms with Crippen molar-refractivity contribution in [3.05, 3.63) is 51.3 Å². The number of nitrogens with zero attached hydrogens (tertiary/aromatic N) is 5. The second-order valence-corrected chi connectivity index (χ2v) is 5.70. The van der Waals surface area contributed by atoms with E-state index in [2.05, 4.69) is 20.7 Å². The van der Waals surface area contributed by atoms with E-state index >= 15 is 0 Å². The summed E-state index contributed by atoms with van der Waals surface area (Å²) in [6.07, 6.45) is 0. The van der Waals surface area contributed by atoms with Gasteiger partial charge < -0.3 is 5.32 Å². The van der Waals surface area contributed by atoms with Gasteiger partial charge in [0.05, 0.1) is 23.2 Å². The molecule has 8 nitrogen and oxygen atoms in total. The standard InChI is InChI=1S/C16H17FN6O2/c1-9-14(10(2)22(3)20-9)15(24)18-6-7-23-16(25)12-8-11(17)4-5-13(12)19-21-23/h4-5,8H,6-7H2,1-3H3,(H,18,24). The number of fused-ring (bicyclic) bond motifs is 1. The molecule has 0 atom stereocenters. The van der Waals surface area contributed by atoms with Crippen LogP contribution in [0.15, 0.2) is 23.0 Å². The molecule has 3 rings (SSSR count). The van der Waals surface area contributed by atoms with E-state index in [0.29, 0.717) is 16.8 Å². The fourth-order valence-electron chi connectivity index (χ4n) is 2.66. The van der Waals surface area contributed by atoms with E-state index in [1.807, 2.05) is 6.92 Å². The molecule has 0 aliphatic rings. The van der Waals surface area contributed by atoms with Gasteiger partial charge in [0.2, 0.25) is 0 Å². The molecule has 0 spiro atoms. The van der Waals surface area contributed by atoms with Gasteiger partial charge >= 0.3 is 0 Å². The Hall–Kier alpha value is -3.10. The van der Waals surface area contributed by atoms with Crippen molar-refractivity contribution < 1.29 is 9.18 Å². The van der Waals surface area contributed by atoms with Crippen LogP contribution in [0.1, 0.15) is 21.7 Å². The molecule has 2 aromatic heterocycles. The molecule has 0 radical (unpaired) electrons. The fourth-order valence-corrected chi connectivity index (χ4v) is 2.66. The van der Waals surface area contributed by atoms with E-state index in [0.717, 1.165) is 16.4 Å². The molecule has 3 aromatic rings. The number of aryl methyl sites for hydroxylation is 2. The van der Waals surface area contributed by atoms with E-state index in [-0.39, 0.29) is 24.4 Å². The van der Waals surface area contributed by atoms with Crippen molar-refractivity contribution in [2.45, 2.75) is 20.4 Å². The molecule has 0 unspecified atom stereocenters. The summed E-state index contributed by atoms with van der Waals surface area (Å²) in [7, 11) is 1.77. The van der Waals surface area contributed by atoms with Crippen LogP contribution >= 0.6 is 0 Å². The molecule has 0 bridgehead atoms. The molecule has 1 aromatic carbocycles. The average Bonchev–Trinajstić information content (AvgIpc) is 2.82. The number of benzene rings is 1. The van der Waals surface area contributed by atoms with Crippen molar-refractivity contribution in [2.75, 3.05) is 6.54 Å². The molecule has 9 heteroatoms. The molecule has 0 saturated heterocycles. The van der Waals surface area contributed by atoms with Crippen molar-refractivity contribution in [2.24, 2.45) is 7.05 Å². The van der Waals surface area contributed by atoms with Crippen LogP contribution < -0.4 is 10.9 Å². The van der Waals surface area contributed by atoms with Gasteiger partial charge in [-0.25, -0.2) is 9.07 Å². The Kier molecular flexibility index (Phi) is 4.30. The number of carbonyl (C=O) groups is 1. The average molecular weight is 344 g/mol. The normalized spacial score (nSPS) is 11.0. The summed E-state index contributed by atoms with van der Waals surface area (Å²) in [5.74, 6) is -0.782. The van der Waals surface area contributed by atoms with Gasteiger partial charge in [0.25, 0.3) is 11.5 Å². The molecule has 1 N–H and O–H groups in total. The minimum Gasteiger partial charge on any atom is -0.350 e. The second-order valence-electron chi connectivity index (χ2n) is 5.70. The number of carbonyl (C=O) groups excluding carboxylic acids is 1. The summed E-state index contributed by atoms with van der Waals surface area (Å²) in [5.41, 5.74) is 1.78. The van der Waals surface area contributed by atoms with Crippen LogP contribution in [-0.4, -0.2) is 37.2 Å². The first-order valence-corrected chi connectivity index (χ1v) is 7.70. The van der Waals surface area contributed by atoms with Gasteiger partial charge in [-0.3, -0.25) is 14.3 Å². The summed E-state index contributed by atoms with van der Waals surface area (Å²) < 4.78 is 16.0. The van der Waals surface area contributed by atoms with Crippen LogP contribution in [0.25, 0.3) is 10.9 Å². The third-order valence-electron chi connectivity index (χ3n) is 4.03. The predicted octanol–water partition coefficient (Wildman–Crippen LogP) is 0.711. The maximum Gasteiger partial charge on any atom is 0.277 e. The van der Waals surface area contributed by atoms with Crippen LogP contribution in [0.2, 0.25) is 0 Å².